The highest BCUT2D eigenvalue weighted by atomic mass is 32.2. The Morgan fingerprint density at radius 3 is 2.22 bits per heavy atom. The normalized spacial score (nSPS) is 13.9. The molecule has 4 N–H and O–H groups in total. The monoisotopic (exact) mass is 506 g/mol. The average molecular weight is 507 g/mol. The molecule has 3 aromatic carbocycles. The van der Waals surface area contributed by atoms with Crippen LogP contribution in [0.3, 0.4) is 0 Å². The van der Waals surface area contributed by atoms with Crippen molar-refractivity contribution in [2.45, 2.75) is 43.7 Å². The number of benzene rings is 3. The van der Waals surface area contributed by atoms with Crippen LogP contribution in [0.25, 0.3) is 11.0 Å². The van der Waals surface area contributed by atoms with Gasteiger partial charge in [-0.25, -0.2) is 13.4 Å². The molecule has 0 spiro atoms. The SMILES string of the molecule is CC(C)CN(C[C@@H](O)[C@@H](N)Cc1ccccc1)S(=O)(=O)c1ccc2nc(Cc3ccccc3)[nH]c2c1. The van der Waals surface area contributed by atoms with Gasteiger partial charge in [-0.3, -0.25) is 0 Å². The van der Waals surface area contributed by atoms with Crippen LogP contribution in [0.4, 0.5) is 0 Å². The zero-order valence-corrected chi connectivity index (χ0v) is 21.5. The van der Waals surface area contributed by atoms with E-state index in [2.05, 4.69) is 9.97 Å². The standard InChI is InChI=1S/C28H34N4O3S/c1-20(2)18-32(19-27(33)24(29)15-21-9-5-3-6-10-21)36(34,35)23-13-14-25-26(17-23)31-28(30-25)16-22-11-7-4-8-12-22/h3-14,17,20,24,27,33H,15-16,18-19,29H2,1-2H3,(H,30,31)/t24-,27+/m0/s1. The van der Waals surface area contributed by atoms with E-state index in [1.165, 1.54) is 4.31 Å². The van der Waals surface area contributed by atoms with Gasteiger partial charge in [0.15, 0.2) is 0 Å². The van der Waals surface area contributed by atoms with Gasteiger partial charge in [-0.15, -0.1) is 0 Å². The van der Waals surface area contributed by atoms with Crippen molar-refractivity contribution in [3.8, 4) is 0 Å². The molecule has 36 heavy (non-hydrogen) atoms. The second-order valence-electron chi connectivity index (χ2n) is 9.66. The van der Waals surface area contributed by atoms with E-state index in [9.17, 15) is 13.5 Å². The summed E-state index contributed by atoms with van der Waals surface area (Å²) in [5, 5.41) is 10.8. The highest BCUT2D eigenvalue weighted by Gasteiger charge is 2.30. The van der Waals surface area contributed by atoms with Crippen LogP contribution in [0.1, 0.15) is 30.8 Å². The predicted molar refractivity (Wildman–Crippen MR) is 143 cm³/mol. The van der Waals surface area contributed by atoms with Crippen LogP contribution in [0.2, 0.25) is 0 Å². The molecule has 7 nitrogen and oxygen atoms in total. The lowest BCUT2D eigenvalue weighted by Gasteiger charge is -2.28. The Labute approximate surface area is 213 Å². The Morgan fingerprint density at radius 1 is 0.944 bits per heavy atom. The quantitative estimate of drug-likeness (QED) is 0.287. The highest BCUT2D eigenvalue weighted by molar-refractivity contribution is 7.89. The van der Waals surface area contributed by atoms with Gasteiger partial charge in [0, 0.05) is 25.6 Å². The lowest BCUT2D eigenvalue weighted by atomic mass is 10.0. The van der Waals surface area contributed by atoms with Gasteiger partial charge in [0.25, 0.3) is 0 Å². The number of nitrogens with one attached hydrogen (secondary N) is 1. The number of fused-ring (bicyclic) bond motifs is 1. The second kappa shape index (κ2) is 11.3. The topological polar surface area (TPSA) is 112 Å². The van der Waals surface area contributed by atoms with Crippen LogP contribution in [0.5, 0.6) is 0 Å². The Kier molecular flexibility index (Phi) is 8.21. The van der Waals surface area contributed by atoms with Gasteiger partial charge in [0.1, 0.15) is 5.82 Å². The Hall–Kier alpha value is -3.04. The molecule has 190 valence electrons. The number of aliphatic hydroxyl groups excluding tert-OH is 1. The number of H-pyrrole nitrogens is 1. The molecule has 8 heteroatoms. The van der Waals surface area contributed by atoms with Crippen molar-refractivity contribution in [1.82, 2.24) is 14.3 Å². The molecule has 0 aliphatic heterocycles. The average Bonchev–Trinajstić information content (AvgIpc) is 3.26. The zero-order chi connectivity index (χ0) is 25.7. The third kappa shape index (κ3) is 6.39. The number of rotatable bonds is 11. The van der Waals surface area contributed by atoms with E-state index >= 15 is 0 Å². The number of aromatic amines is 1. The first-order valence-corrected chi connectivity index (χ1v) is 13.7. The van der Waals surface area contributed by atoms with Crippen LogP contribution in [0.15, 0.2) is 83.8 Å². The molecule has 0 unspecified atom stereocenters. The number of nitrogens with two attached hydrogens (primary N) is 1. The molecule has 0 saturated carbocycles. The fourth-order valence-electron chi connectivity index (χ4n) is 4.27. The fraction of sp³-hybridized carbons (Fsp3) is 0.321. The molecule has 0 fully saturated rings. The maximum absolute atomic E-state index is 13.7. The van der Waals surface area contributed by atoms with E-state index < -0.39 is 22.2 Å². The van der Waals surface area contributed by atoms with E-state index in [1.54, 1.807) is 18.2 Å². The van der Waals surface area contributed by atoms with Gasteiger partial charge in [0.2, 0.25) is 10.0 Å². The minimum absolute atomic E-state index is 0.0746. The van der Waals surface area contributed by atoms with Crippen molar-refractivity contribution in [3.63, 3.8) is 0 Å². The van der Waals surface area contributed by atoms with Crippen molar-refractivity contribution < 1.29 is 13.5 Å². The third-order valence-electron chi connectivity index (χ3n) is 6.12. The largest absolute Gasteiger partial charge is 0.390 e. The van der Waals surface area contributed by atoms with Crippen LogP contribution >= 0.6 is 0 Å². The van der Waals surface area contributed by atoms with Crippen molar-refractivity contribution in [3.05, 3.63) is 95.8 Å². The molecule has 0 aliphatic carbocycles. The summed E-state index contributed by atoms with van der Waals surface area (Å²) < 4.78 is 28.7. The van der Waals surface area contributed by atoms with Crippen molar-refractivity contribution >= 4 is 21.1 Å². The molecule has 0 radical (unpaired) electrons. The molecule has 0 amide bonds. The molecule has 0 aliphatic rings. The molecular weight excluding hydrogens is 472 g/mol. The van der Waals surface area contributed by atoms with E-state index in [-0.39, 0.29) is 23.9 Å². The fourth-order valence-corrected chi connectivity index (χ4v) is 5.92. The van der Waals surface area contributed by atoms with Gasteiger partial charge < -0.3 is 15.8 Å². The van der Waals surface area contributed by atoms with Crippen molar-refractivity contribution in [2.75, 3.05) is 13.1 Å². The predicted octanol–water partition coefficient (Wildman–Crippen LogP) is 3.73. The summed E-state index contributed by atoms with van der Waals surface area (Å²) in [5.41, 5.74) is 9.75. The first-order chi connectivity index (χ1) is 17.2. The molecule has 1 heterocycles. The minimum Gasteiger partial charge on any atom is -0.390 e. The molecule has 4 rings (SSSR count). The summed E-state index contributed by atoms with van der Waals surface area (Å²) in [6.45, 7) is 4.10. The lowest BCUT2D eigenvalue weighted by Crippen LogP contribution is -2.47. The number of sulfonamides is 1. The summed E-state index contributed by atoms with van der Waals surface area (Å²) in [5.74, 6) is 0.845. The smallest absolute Gasteiger partial charge is 0.243 e. The van der Waals surface area contributed by atoms with Gasteiger partial charge in [-0.2, -0.15) is 4.31 Å². The molecule has 0 saturated heterocycles. The van der Waals surface area contributed by atoms with Gasteiger partial charge in [-0.05, 0) is 41.7 Å². The Bertz CT molecular complexity index is 1370. The van der Waals surface area contributed by atoms with Crippen molar-refractivity contribution in [2.24, 2.45) is 11.7 Å². The summed E-state index contributed by atoms with van der Waals surface area (Å²) in [7, 11) is -3.87. The number of aliphatic hydroxyl groups is 1. The number of hydrogen-bond donors (Lipinski definition) is 3. The maximum atomic E-state index is 13.7. The summed E-state index contributed by atoms with van der Waals surface area (Å²) >= 11 is 0. The van der Waals surface area contributed by atoms with E-state index in [1.807, 2.05) is 74.5 Å². The number of nitrogens with zero attached hydrogens (tertiary/aromatic N) is 2. The van der Waals surface area contributed by atoms with Crippen LogP contribution < -0.4 is 5.73 Å². The molecular formula is C28H34N4O3S. The second-order valence-corrected chi connectivity index (χ2v) is 11.6. The van der Waals surface area contributed by atoms with E-state index in [4.69, 9.17) is 5.73 Å². The molecule has 4 aromatic rings. The first-order valence-electron chi connectivity index (χ1n) is 12.2. The third-order valence-corrected chi connectivity index (χ3v) is 7.95. The van der Waals surface area contributed by atoms with Gasteiger partial charge in [0.05, 0.1) is 22.0 Å². The number of hydrogen-bond acceptors (Lipinski definition) is 5. The van der Waals surface area contributed by atoms with Crippen LogP contribution in [-0.4, -0.2) is 53.0 Å². The van der Waals surface area contributed by atoms with Crippen LogP contribution in [0, 0.1) is 5.92 Å². The zero-order valence-electron chi connectivity index (χ0n) is 20.7. The first kappa shape index (κ1) is 26.0. The maximum Gasteiger partial charge on any atom is 0.243 e. The number of aromatic nitrogens is 2. The summed E-state index contributed by atoms with van der Waals surface area (Å²) in [6.07, 6.45) is 0.0804. The van der Waals surface area contributed by atoms with E-state index in [0.717, 1.165) is 17.0 Å². The van der Waals surface area contributed by atoms with Gasteiger partial charge >= 0.3 is 0 Å². The lowest BCUT2D eigenvalue weighted by molar-refractivity contribution is 0.116. The number of imidazole rings is 1. The Balaban J connectivity index is 1.54. The summed E-state index contributed by atoms with van der Waals surface area (Å²) in [4.78, 5) is 8.04. The summed E-state index contributed by atoms with van der Waals surface area (Å²) in [6, 6.07) is 24.0. The van der Waals surface area contributed by atoms with Crippen molar-refractivity contribution in [1.29, 1.82) is 0 Å². The highest BCUT2D eigenvalue weighted by Crippen LogP contribution is 2.23. The van der Waals surface area contributed by atoms with E-state index in [0.29, 0.717) is 23.9 Å². The molecule has 2 atom stereocenters. The van der Waals surface area contributed by atoms with Gasteiger partial charge in [-0.1, -0.05) is 74.5 Å². The van der Waals surface area contributed by atoms with Crippen LogP contribution in [-0.2, 0) is 22.9 Å². The molecule has 1 aromatic heterocycles. The minimum atomic E-state index is -3.87. The Morgan fingerprint density at radius 2 is 1.58 bits per heavy atom. The molecule has 0 bridgehead atoms.